The highest BCUT2D eigenvalue weighted by Crippen LogP contribution is 2.36. The Balaban J connectivity index is 1.28. The van der Waals surface area contributed by atoms with E-state index in [0.29, 0.717) is 44.9 Å². The van der Waals surface area contributed by atoms with Gasteiger partial charge in [-0.2, -0.15) is 0 Å². The molecule has 3 heterocycles. The molecule has 3 aliphatic heterocycles. The maximum absolute atomic E-state index is 6.78. The zero-order valence-corrected chi connectivity index (χ0v) is 25.4. The second-order valence-electron chi connectivity index (χ2n) is 11.5. The molecule has 2 aromatic carbocycles. The van der Waals surface area contributed by atoms with Gasteiger partial charge in [-0.1, -0.05) is 30.3 Å². The fourth-order valence-corrected chi connectivity index (χ4v) is 6.32. The van der Waals surface area contributed by atoms with E-state index in [0.717, 1.165) is 83.5 Å². The number of fused-ring (bicyclic) bond motifs is 1. The normalized spacial score (nSPS) is 23.0. The van der Waals surface area contributed by atoms with Crippen LogP contribution in [0.5, 0.6) is 5.75 Å². The zero-order chi connectivity index (χ0) is 29.0. The molecule has 0 spiro atoms. The maximum atomic E-state index is 6.78. The van der Waals surface area contributed by atoms with E-state index in [-0.39, 0.29) is 6.10 Å². The van der Waals surface area contributed by atoms with Crippen molar-refractivity contribution in [2.45, 2.75) is 31.7 Å². The van der Waals surface area contributed by atoms with E-state index in [1.807, 2.05) is 0 Å². The molecule has 232 valence electrons. The fourth-order valence-electron chi connectivity index (χ4n) is 6.32. The quantitative estimate of drug-likeness (QED) is 0.318. The summed E-state index contributed by atoms with van der Waals surface area (Å²) in [5.41, 5.74) is 4.85. The SMILES string of the molecule is COCCCN1CCOc2ccc(CO[C@H]3CNC[C@@H](CN4CCOCC4)[C@@H]3c3ccc(COCCOC)cc3)cc21. The van der Waals surface area contributed by atoms with Crippen LogP contribution in [-0.2, 0) is 36.9 Å². The van der Waals surface area contributed by atoms with Gasteiger partial charge in [0.05, 0.1) is 58.0 Å². The summed E-state index contributed by atoms with van der Waals surface area (Å²) in [5, 5.41) is 3.69. The van der Waals surface area contributed by atoms with Gasteiger partial charge in [0.15, 0.2) is 0 Å². The van der Waals surface area contributed by atoms with E-state index >= 15 is 0 Å². The molecule has 9 heteroatoms. The van der Waals surface area contributed by atoms with Gasteiger partial charge in [-0.3, -0.25) is 4.90 Å². The van der Waals surface area contributed by atoms with E-state index < -0.39 is 0 Å². The van der Waals surface area contributed by atoms with E-state index in [4.69, 9.17) is 28.4 Å². The van der Waals surface area contributed by atoms with Gasteiger partial charge in [0, 0.05) is 59.5 Å². The van der Waals surface area contributed by atoms with Crippen molar-refractivity contribution in [3.05, 3.63) is 59.2 Å². The first kappa shape index (κ1) is 31.2. The zero-order valence-electron chi connectivity index (χ0n) is 25.4. The third kappa shape index (κ3) is 8.66. The van der Waals surface area contributed by atoms with Crippen molar-refractivity contribution >= 4 is 5.69 Å². The fraction of sp³-hybridized carbons (Fsp3) is 0.636. The third-order valence-corrected chi connectivity index (χ3v) is 8.55. The molecular formula is C33H49N3O6. The number of ether oxygens (including phenoxy) is 6. The Morgan fingerprint density at radius 2 is 1.67 bits per heavy atom. The van der Waals surface area contributed by atoms with Gasteiger partial charge in [-0.15, -0.1) is 0 Å². The smallest absolute Gasteiger partial charge is 0.142 e. The molecular weight excluding hydrogens is 534 g/mol. The molecule has 9 nitrogen and oxygen atoms in total. The Kier molecular flexibility index (Phi) is 12.3. The third-order valence-electron chi connectivity index (χ3n) is 8.55. The predicted octanol–water partition coefficient (Wildman–Crippen LogP) is 3.31. The van der Waals surface area contributed by atoms with Crippen molar-refractivity contribution < 1.29 is 28.4 Å². The van der Waals surface area contributed by atoms with Crippen molar-refractivity contribution in [1.82, 2.24) is 10.2 Å². The largest absolute Gasteiger partial charge is 0.490 e. The van der Waals surface area contributed by atoms with E-state index in [9.17, 15) is 0 Å². The average molecular weight is 584 g/mol. The van der Waals surface area contributed by atoms with Gasteiger partial charge in [-0.25, -0.2) is 0 Å². The molecule has 1 N–H and O–H groups in total. The van der Waals surface area contributed by atoms with Gasteiger partial charge in [0.1, 0.15) is 12.4 Å². The number of hydrogen-bond acceptors (Lipinski definition) is 9. The van der Waals surface area contributed by atoms with Crippen LogP contribution in [0, 0.1) is 5.92 Å². The monoisotopic (exact) mass is 583 g/mol. The van der Waals surface area contributed by atoms with Crippen LogP contribution in [-0.4, -0.2) is 111 Å². The molecule has 0 bridgehead atoms. The molecule has 0 saturated carbocycles. The first-order chi connectivity index (χ1) is 20.7. The number of morpholine rings is 1. The number of nitrogens with one attached hydrogen (secondary N) is 1. The molecule has 3 aliphatic rings. The topological polar surface area (TPSA) is 73.9 Å². The van der Waals surface area contributed by atoms with Crippen molar-refractivity contribution in [3.8, 4) is 5.75 Å². The minimum atomic E-state index is 0.0682. The van der Waals surface area contributed by atoms with Gasteiger partial charge >= 0.3 is 0 Å². The van der Waals surface area contributed by atoms with E-state index in [1.54, 1.807) is 14.2 Å². The Morgan fingerprint density at radius 1 is 0.857 bits per heavy atom. The summed E-state index contributed by atoms with van der Waals surface area (Å²) in [6.07, 6.45) is 1.06. The lowest BCUT2D eigenvalue weighted by Crippen LogP contribution is -2.51. The lowest BCUT2D eigenvalue weighted by Gasteiger charge is -2.42. The summed E-state index contributed by atoms with van der Waals surface area (Å²) in [6, 6.07) is 15.5. The van der Waals surface area contributed by atoms with Crippen LogP contribution >= 0.6 is 0 Å². The highest BCUT2D eigenvalue weighted by molar-refractivity contribution is 5.61. The molecule has 42 heavy (non-hydrogen) atoms. The minimum absolute atomic E-state index is 0.0682. The Hall–Kier alpha value is -2.24. The minimum Gasteiger partial charge on any atom is -0.490 e. The van der Waals surface area contributed by atoms with Crippen molar-refractivity contribution in [3.63, 3.8) is 0 Å². The number of anilines is 1. The molecule has 2 saturated heterocycles. The van der Waals surface area contributed by atoms with Gasteiger partial charge in [-0.05, 0) is 47.7 Å². The Bertz CT molecular complexity index is 1060. The van der Waals surface area contributed by atoms with Crippen LogP contribution in [0.15, 0.2) is 42.5 Å². The summed E-state index contributed by atoms with van der Waals surface area (Å²) >= 11 is 0. The highest BCUT2D eigenvalue weighted by Gasteiger charge is 2.36. The summed E-state index contributed by atoms with van der Waals surface area (Å²) in [6.45, 7) is 12.2. The Morgan fingerprint density at radius 3 is 2.48 bits per heavy atom. The van der Waals surface area contributed by atoms with Crippen LogP contribution in [0.25, 0.3) is 0 Å². The number of rotatable bonds is 15. The summed E-state index contributed by atoms with van der Waals surface area (Å²) in [5.74, 6) is 1.69. The predicted molar refractivity (Wildman–Crippen MR) is 164 cm³/mol. The van der Waals surface area contributed by atoms with E-state index in [2.05, 4.69) is 57.6 Å². The van der Waals surface area contributed by atoms with Gasteiger partial charge in [0.25, 0.3) is 0 Å². The number of methoxy groups -OCH3 is 2. The summed E-state index contributed by atoms with van der Waals surface area (Å²) in [4.78, 5) is 4.95. The lowest BCUT2D eigenvalue weighted by molar-refractivity contribution is -0.0212. The summed E-state index contributed by atoms with van der Waals surface area (Å²) < 4.78 is 34.5. The molecule has 3 atom stereocenters. The lowest BCUT2D eigenvalue weighted by atomic mass is 9.78. The first-order valence-corrected chi connectivity index (χ1v) is 15.5. The second-order valence-corrected chi connectivity index (χ2v) is 11.5. The van der Waals surface area contributed by atoms with E-state index in [1.165, 1.54) is 16.7 Å². The maximum Gasteiger partial charge on any atom is 0.142 e. The standard InChI is InChI=1S/C33H49N3O6/c1-37-14-3-10-36-13-17-41-31-9-6-27(20-30(31)36)25-42-32-22-34-21-29(23-35-11-15-39-16-12-35)33(32)28-7-4-26(5-8-28)24-40-19-18-38-2/h4-9,20,29,32-34H,3,10-19,21-25H2,1-2H3/t29-,32-,33-/m0/s1. The van der Waals surface area contributed by atoms with Crippen LogP contribution in [0.2, 0.25) is 0 Å². The molecule has 0 unspecified atom stereocenters. The molecule has 2 fully saturated rings. The molecule has 0 aromatic heterocycles. The van der Waals surface area contributed by atoms with Crippen LogP contribution in [0.4, 0.5) is 5.69 Å². The van der Waals surface area contributed by atoms with Crippen LogP contribution in [0.1, 0.15) is 29.0 Å². The number of benzene rings is 2. The highest BCUT2D eigenvalue weighted by atomic mass is 16.5. The van der Waals surface area contributed by atoms with Crippen LogP contribution < -0.4 is 15.0 Å². The molecule has 0 aliphatic carbocycles. The van der Waals surface area contributed by atoms with Crippen LogP contribution in [0.3, 0.4) is 0 Å². The van der Waals surface area contributed by atoms with Crippen molar-refractivity contribution in [1.29, 1.82) is 0 Å². The molecule has 0 radical (unpaired) electrons. The second kappa shape index (κ2) is 16.6. The van der Waals surface area contributed by atoms with Gasteiger partial charge < -0.3 is 38.6 Å². The molecule has 0 amide bonds. The summed E-state index contributed by atoms with van der Waals surface area (Å²) in [7, 11) is 3.46. The molecule has 5 rings (SSSR count). The van der Waals surface area contributed by atoms with Gasteiger partial charge in [0.2, 0.25) is 0 Å². The Labute approximate surface area is 251 Å². The average Bonchev–Trinajstić information content (AvgIpc) is 3.03. The number of nitrogens with zero attached hydrogens (tertiary/aromatic N) is 2. The van der Waals surface area contributed by atoms with Crippen molar-refractivity contribution in [2.75, 3.05) is 105 Å². The number of hydrogen-bond donors (Lipinski definition) is 1. The number of piperidine rings is 1. The first-order valence-electron chi connectivity index (χ1n) is 15.5. The van der Waals surface area contributed by atoms with Crippen molar-refractivity contribution in [2.24, 2.45) is 5.92 Å². The molecule has 2 aromatic rings.